The van der Waals surface area contributed by atoms with Crippen LogP contribution in [0, 0.1) is 0 Å². The van der Waals surface area contributed by atoms with Crippen molar-refractivity contribution in [2.75, 3.05) is 105 Å². The minimum atomic E-state index is -0.638. The van der Waals surface area contributed by atoms with Gasteiger partial charge in [-0.15, -0.1) is 0 Å². The van der Waals surface area contributed by atoms with E-state index < -0.39 is 29.6 Å². The number of nitrogens with one attached hydrogen (secondary N) is 2. The highest BCUT2D eigenvalue weighted by atomic mass is 16.6. The van der Waals surface area contributed by atoms with Crippen molar-refractivity contribution in [3.05, 3.63) is 0 Å². The Morgan fingerprint density at radius 2 is 0.939 bits per heavy atom. The minimum Gasteiger partial charge on any atom is -0.465 e. The molecule has 0 saturated heterocycles. The number of hydrogen-bond acceptors (Lipinski definition) is 16. The van der Waals surface area contributed by atoms with E-state index in [1.54, 1.807) is 9.80 Å². The van der Waals surface area contributed by atoms with Crippen molar-refractivity contribution in [1.82, 2.24) is 20.4 Å². The van der Waals surface area contributed by atoms with Gasteiger partial charge < -0.3 is 43.8 Å². The van der Waals surface area contributed by atoms with E-state index in [1.165, 1.54) is 20.8 Å². The number of carbonyl (C=O) groups excluding carboxylic acids is 8. The number of esters is 4. The average molecular weight is 701 g/mol. The maximum atomic E-state index is 12.0. The molecule has 0 saturated carbocycles. The lowest BCUT2D eigenvalue weighted by molar-refractivity contribution is -0.150. The van der Waals surface area contributed by atoms with Gasteiger partial charge in [-0.3, -0.25) is 33.8 Å². The summed E-state index contributed by atoms with van der Waals surface area (Å²) in [6, 6.07) is 0. The Kier molecular flexibility index (Phi) is 26.7. The van der Waals surface area contributed by atoms with E-state index in [0.717, 1.165) is 0 Å². The van der Waals surface area contributed by atoms with Gasteiger partial charge in [-0.05, 0) is 13.3 Å². The predicted octanol–water partition coefficient (Wildman–Crippen LogP) is -2.48. The topological polar surface area (TPSA) is 222 Å². The summed E-state index contributed by atoms with van der Waals surface area (Å²) < 4.78 is 30.2. The number of ether oxygens (including phenoxy) is 6. The van der Waals surface area contributed by atoms with E-state index in [-0.39, 0.29) is 129 Å². The van der Waals surface area contributed by atoms with Gasteiger partial charge in [-0.25, -0.2) is 9.59 Å². The summed E-state index contributed by atoms with van der Waals surface area (Å²) in [5, 5.41) is 5.23. The third-order valence-corrected chi connectivity index (χ3v) is 5.98. The van der Waals surface area contributed by atoms with Gasteiger partial charge in [-0.1, -0.05) is 0 Å². The van der Waals surface area contributed by atoms with Gasteiger partial charge in [0.15, 0.2) is 7.85 Å². The van der Waals surface area contributed by atoms with Crippen LogP contribution in [0.15, 0.2) is 0 Å². The second-order valence-corrected chi connectivity index (χ2v) is 10.5. The van der Waals surface area contributed by atoms with Crippen molar-refractivity contribution in [3.63, 3.8) is 0 Å². The molecule has 2 amide bonds. The fourth-order valence-electron chi connectivity index (χ4n) is 3.80. The normalized spacial score (nSPS) is 10.7. The van der Waals surface area contributed by atoms with Crippen molar-refractivity contribution < 1.29 is 66.8 Å². The van der Waals surface area contributed by atoms with Crippen LogP contribution >= 0.6 is 0 Å². The summed E-state index contributed by atoms with van der Waals surface area (Å²) >= 11 is 0. The summed E-state index contributed by atoms with van der Waals surface area (Å²) in [5.74, 6) is -2.80. The number of rotatable bonds is 30. The summed E-state index contributed by atoms with van der Waals surface area (Å²) in [4.78, 5) is 95.1. The number of Topliss-reactive ketones (excluding diaryl/α,β-unsaturated/α-hetero) is 1. The Balaban J connectivity index is 3.86. The molecule has 18 nitrogen and oxygen atoms in total. The standard InChI is InChI=1S/C30H49BN4O14/c1-23(36)19-34(9-15-46-24(2)37)11-17-48-29(42)21-44-13-7-32-27(40)5-4-6-28(41)33-8-14-45-22-30(43)49-18-12-35(20-26(31)39)10-16-47-25(3)38/h4-22H2,1-3H3,(H,32,40)(H,33,41). The van der Waals surface area contributed by atoms with Crippen LogP contribution in [0.25, 0.3) is 0 Å². The van der Waals surface area contributed by atoms with E-state index in [1.807, 2.05) is 0 Å². The molecular weight excluding hydrogens is 651 g/mol. The van der Waals surface area contributed by atoms with E-state index in [4.69, 9.17) is 36.3 Å². The monoisotopic (exact) mass is 700 g/mol. The molecule has 0 unspecified atom stereocenters. The zero-order valence-corrected chi connectivity index (χ0v) is 28.6. The predicted molar refractivity (Wildman–Crippen MR) is 171 cm³/mol. The van der Waals surface area contributed by atoms with Crippen LogP contribution in [0.1, 0.15) is 40.0 Å². The molecule has 0 aliphatic rings. The first kappa shape index (κ1) is 45.1. The quantitative estimate of drug-likeness (QED) is 0.0343. The molecule has 0 aromatic carbocycles. The zero-order valence-electron chi connectivity index (χ0n) is 28.6. The van der Waals surface area contributed by atoms with E-state index >= 15 is 0 Å². The Morgan fingerprint density at radius 1 is 0.551 bits per heavy atom. The molecule has 0 fully saturated rings. The summed E-state index contributed by atoms with van der Waals surface area (Å²) in [7, 11) is 5.19. The molecule has 2 N–H and O–H groups in total. The highest BCUT2D eigenvalue weighted by molar-refractivity contribution is 6.58. The van der Waals surface area contributed by atoms with Crippen LogP contribution in [0.5, 0.6) is 0 Å². The van der Waals surface area contributed by atoms with Crippen LogP contribution in [0.3, 0.4) is 0 Å². The fourth-order valence-corrected chi connectivity index (χ4v) is 3.80. The molecule has 19 heteroatoms. The van der Waals surface area contributed by atoms with Gasteiger partial charge >= 0.3 is 23.9 Å². The van der Waals surface area contributed by atoms with Crippen LogP contribution in [-0.4, -0.2) is 170 Å². The van der Waals surface area contributed by atoms with Crippen LogP contribution in [0.2, 0.25) is 0 Å². The molecule has 0 aliphatic heterocycles. The van der Waals surface area contributed by atoms with E-state index in [9.17, 15) is 38.4 Å². The smallest absolute Gasteiger partial charge is 0.332 e. The highest BCUT2D eigenvalue weighted by Gasteiger charge is 2.12. The van der Waals surface area contributed by atoms with Gasteiger partial charge in [0.1, 0.15) is 45.4 Å². The molecular formula is C30H49BN4O14. The van der Waals surface area contributed by atoms with Crippen LogP contribution in [-0.2, 0) is 66.8 Å². The third kappa shape index (κ3) is 31.1. The Labute approximate surface area is 287 Å². The number of nitrogens with zero attached hydrogens (tertiary/aromatic N) is 2. The summed E-state index contributed by atoms with van der Waals surface area (Å²) in [6.07, 6.45) is 0.504. The summed E-state index contributed by atoms with van der Waals surface area (Å²) in [6.45, 7) is 4.97. The molecule has 0 rings (SSSR count). The first-order chi connectivity index (χ1) is 23.3. The fraction of sp³-hybridized carbons (Fsp3) is 0.733. The van der Waals surface area contributed by atoms with Crippen molar-refractivity contribution in [1.29, 1.82) is 0 Å². The number of amides is 2. The van der Waals surface area contributed by atoms with Crippen molar-refractivity contribution in [3.8, 4) is 0 Å². The number of ketones is 1. The first-order valence-corrected chi connectivity index (χ1v) is 15.8. The maximum Gasteiger partial charge on any atom is 0.332 e. The van der Waals surface area contributed by atoms with Gasteiger partial charge in [0.2, 0.25) is 11.8 Å². The summed E-state index contributed by atoms with van der Waals surface area (Å²) in [5.41, 5.74) is -0.580. The van der Waals surface area contributed by atoms with Crippen LogP contribution < -0.4 is 10.6 Å². The van der Waals surface area contributed by atoms with Gasteiger partial charge in [0.25, 0.3) is 0 Å². The van der Waals surface area contributed by atoms with E-state index in [0.29, 0.717) is 13.0 Å². The molecule has 0 bridgehead atoms. The molecule has 0 atom stereocenters. The van der Waals surface area contributed by atoms with Gasteiger partial charge in [0, 0.05) is 72.5 Å². The lowest BCUT2D eigenvalue weighted by Gasteiger charge is -2.20. The molecule has 2 radical (unpaired) electrons. The molecule has 0 aromatic heterocycles. The average Bonchev–Trinajstić information content (AvgIpc) is 2.99. The number of carbonyl (C=O) groups is 8. The Hall–Kier alpha value is -3.94. The van der Waals surface area contributed by atoms with Crippen molar-refractivity contribution >= 4 is 55.0 Å². The Morgan fingerprint density at radius 3 is 1.31 bits per heavy atom. The first-order valence-electron chi connectivity index (χ1n) is 15.8. The van der Waals surface area contributed by atoms with Crippen LogP contribution in [0.4, 0.5) is 0 Å². The SMILES string of the molecule is [B]C(=O)CN(CCOC(C)=O)CCOC(=O)COCCNC(=O)CCCC(=O)NCCOCC(=O)OCCN(CCOC(C)=O)CC(C)=O. The lowest BCUT2D eigenvalue weighted by atomic mass is 10.0. The van der Waals surface area contributed by atoms with E-state index in [2.05, 4.69) is 10.6 Å². The maximum absolute atomic E-state index is 12.0. The number of hydrogen-bond donors (Lipinski definition) is 2. The van der Waals surface area contributed by atoms with Gasteiger partial charge in [0.05, 0.1) is 25.4 Å². The molecule has 49 heavy (non-hydrogen) atoms. The Bertz CT molecular complexity index is 982. The molecule has 0 heterocycles. The lowest BCUT2D eigenvalue weighted by Crippen LogP contribution is -2.36. The molecule has 0 aliphatic carbocycles. The second-order valence-electron chi connectivity index (χ2n) is 10.5. The second kappa shape index (κ2) is 29.0. The van der Waals surface area contributed by atoms with Crippen molar-refractivity contribution in [2.24, 2.45) is 0 Å². The molecule has 0 spiro atoms. The third-order valence-electron chi connectivity index (χ3n) is 5.98. The minimum absolute atomic E-state index is 0.0193. The van der Waals surface area contributed by atoms with Crippen molar-refractivity contribution in [2.45, 2.75) is 40.0 Å². The zero-order chi connectivity index (χ0) is 36.9. The van der Waals surface area contributed by atoms with Gasteiger partial charge in [-0.2, -0.15) is 0 Å². The molecule has 276 valence electrons. The highest BCUT2D eigenvalue weighted by Crippen LogP contribution is 1.96. The molecule has 0 aromatic rings. The largest absolute Gasteiger partial charge is 0.465 e.